The predicted octanol–water partition coefficient (Wildman–Crippen LogP) is 2.34. The summed E-state index contributed by atoms with van der Waals surface area (Å²) in [4.78, 5) is 11.0. The van der Waals surface area contributed by atoms with E-state index in [0.717, 1.165) is 25.5 Å². The summed E-state index contributed by atoms with van der Waals surface area (Å²) >= 11 is 0. The molecule has 0 N–H and O–H groups in total. The topological polar surface area (TPSA) is 28.5 Å². The highest BCUT2D eigenvalue weighted by Gasteiger charge is 2.18. The highest BCUT2D eigenvalue weighted by atomic mass is 15.2. The van der Waals surface area contributed by atoms with E-state index in [4.69, 9.17) is 0 Å². The molecule has 0 unspecified atom stereocenters. The van der Waals surface area contributed by atoms with E-state index in [2.05, 4.69) is 51.3 Å². The van der Waals surface area contributed by atoms with Gasteiger partial charge in [-0.3, -0.25) is 9.98 Å². The summed E-state index contributed by atoms with van der Waals surface area (Å²) in [6, 6.07) is 14.5. The van der Waals surface area contributed by atoms with E-state index in [1.165, 1.54) is 11.1 Å². The summed E-state index contributed by atoms with van der Waals surface area (Å²) in [5, 5.41) is 0. The van der Waals surface area contributed by atoms with Crippen molar-refractivity contribution in [2.75, 3.05) is 13.1 Å². The minimum absolute atomic E-state index is 0.884. The summed E-state index contributed by atoms with van der Waals surface area (Å²) < 4.78 is 0. The second-order valence-electron chi connectivity index (χ2n) is 4.35. The molecule has 0 bridgehead atoms. The van der Waals surface area contributed by atoms with Gasteiger partial charge in [0.15, 0.2) is 0 Å². The van der Waals surface area contributed by atoms with Crippen molar-refractivity contribution in [3.63, 3.8) is 0 Å². The molecule has 3 rings (SSSR count). The van der Waals surface area contributed by atoms with E-state index in [-0.39, 0.29) is 0 Å². The molecule has 0 radical (unpaired) electrons. The number of benzene rings is 1. The van der Waals surface area contributed by atoms with Crippen molar-refractivity contribution in [3.8, 4) is 0 Å². The SMILES string of the molecule is c1ccc(C2=NCCN2Cc2ccncc2)cc1. The third-order valence-corrected chi connectivity index (χ3v) is 3.09. The Labute approximate surface area is 107 Å². The number of amidine groups is 1. The molecule has 1 aromatic carbocycles. The molecule has 0 atom stereocenters. The van der Waals surface area contributed by atoms with Crippen molar-refractivity contribution in [1.82, 2.24) is 9.88 Å². The van der Waals surface area contributed by atoms with Crippen molar-refractivity contribution in [2.45, 2.75) is 6.54 Å². The van der Waals surface area contributed by atoms with Crippen LogP contribution < -0.4 is 0 Å². The van der Waals surface area contributed by atoms with E-state index in [1.54, 1.807) is 0 Å². The second-order valence-corrected chi connectivity index (χ2v) is 4.35. The highest BCUT2D eigenvalue weighted by molar-refractivity contribution is 5.99. The minimum Gasteiger partial charge on any atom is -0.350 e. The van der Waals surface area contributed by atoms with Crippen LogP contribution in [0.15, 0.2) is 59.9 Å². The smallest absolute Gasteiger partial charge is 0.131 e. The summed E-state index contributed by atoms with van der Waals surface area (Å²) in [6.07, 6.45) is 3.68. The van der Waals surface area contributed by atoms with Crippen molar-refractivity contribution in [2.24, 2.45) is 4.99 Å². The lowest BCUT2D eigenvalue weighted by Crippen LogP contribution is -2.27. The first-order valence-corrected chi connectivity index (χ1v) is 6.17. The lowest BCUT2D eigenvalue weighted by molar-refractivity contribution is 0.452. The lowest BCUT2D eigenvalue weighted by atomic mass is 10.2. The third-order valence-electron chi connectivity index (χ3n) is 3.09. The normalized spacial score (nSPS) is 14.7. The van der Waals surface area contributed by atoms with Crippen LogP contribution in [0.4, 0.5) is 0 Å². The van der Waals surface area contributed by atoms with Crippen molar-refractivity contribution in [3.05, 3.63) is 66.0 Å². The number of aliphatic imine (C=N–C) groups is 1. The molecule has 0 saturated carbocycles. The Bertz CT molecular complexity index is 534. The van der Waals surface area contributed by atoms with Crippen molar-refractivity contribution < 1.29 is 0 Å². The zero-order valence-corrected chi connectivity index (χ0v) is 10.2. The molecule has 0 spiro atoms. The fourth-order valence-electron chi connectivity index (χ4n) is 2.21. The molecule has 0 aliphatic carbocycles. The van der Waals surface area contributed by atoms with Gasteiger partial charge in [-0.05, 0) is 17.7 Å². The fourth-order valence-corrected chi connectivity index (χ4v) is 2.21. The Balaban J connectivity index is 1.80. The van der Waals surface area contributed by atoms with E-state index >= 15 is 0 Å². The molecule has 18 heavy (non-hydrogen) atoms. The van der Waals surface area contributed by atoms with Gasteiger partial charge in [0.25, 0.3) is 0 Å². The lowest BCUT2D eigenvalue weighted by Gasteiger charge is -2.20. The molecule has 1 aliphatic heterocycles. The quantitative estimate of drug-likeness (QED) is 0.819. The Morgan fingerprint density at radius 1 is 1.00 bits per heavy atom. The van der Waals surface area contributed by atoms with Crippen LogP contribution in [0.1, 0.15) is 11.1 Å². The minimum atomic E-state index is 0.884. The summed E-state index contributed by atoms with van der Waals surface area (Å²) in [5.41, 5.74) is 2.47. The van der Waals surface area contributed by atoms with Crippen LogP contribution in [0.5, 0.6) is 0 Å². The number of nitrogens with zero attached hydrogens (tertiary/aromatic N) is 3. The molecule has 3 nitrogen and oxygen atoms in total. The van der Waals surface area contributed by atoms with Crippen LogP contribution in [0, 0.1) is 0 Å². The summed E-state index contributed by atoms with van der Waals surface area (Å²) in [6.45, 7) is 2.78. The van der Waals surface area contributed by atoms with Gasteiger partial charge < -0.3 is 4.90 Å². The van der Waals surface area contributed by atoms with E-state index in [0.29, 0.717) is 0 Å². The number of aromatic nitrogens is 1. The van der Waals surface area contributed by atoms with Crippen LogP contribution in [-0.4, -0.2) is 28.8 Å². The molecular weight excluding hydrogens is 222 g/mol. The molecule has 0 amide bonds. The van der Waals surface area contributed by atoms with Gasteiger partial charge in [-0.1, -0.05) is 30.3 Å². The zero-order valence-electron chi connectivity index (χ0n) is 10.2. The van der Waals surface area contributed by atoms with Crippen LogP contribution in [0.2, 0.25) is 0 Å². The first-order chi connectivity index (χ1) is 8.93. The number of hydrogen-bond donors (Lipinski definition) is 0. The number of pyridine rings is 1. The van der Waals surface area contributed by atoms with Gasteiger partial charge in [-0.25, -0.2) is 0 Å². The Morgan fingerprint density at radius 3 is 2.56 bits per heavy atom. The van der Waals surface area contributed by atoms with Crippen LogP contribution in [0.3, 0.4) is 0 Å². The van der Waals surface area contributed by atoms with Gasteiger partial charge in [0.05, 0.1) is 6.54 Å². The molecule has 0 saturated heterocycles. The first kappa shape index (κ1) is 11.0. The van der Waals surface area contributed by atoms with Crippen molar-refractivity contribution >= 4 is 5.84 Å². The van der Waals surface area contributed by atoms with Gasteiger partial charge in [0.1, 0.15) is 5.84 Å². The van der Waals surface area contributed by atoms with E-state index < -0.39 is 0 Å². The standard InChI is InChI=1S/C15H15N3/c1-2-4-14(5-3-1)15-17-10-11-18(15)12-13-6-8-16-9-7-13/h1-9H,10-12H2. The average molecular weight is 237 g/mol. The molecule has 2 heterocycles. The van der Waals surface area contributed by atoms with Gasteiger partial charge >= 0.3 is 0 Å². The van der Waals surface area contributed by atoms with Crippen LogP contribution in [0.25, 0.3) is 0 Å². The average Bonchev–Trinajstić information content (AvgIpc) is 2.89. The van der Waals surface area contributed by atoms with Gasteiger partial charge in [-0.15, -0.1) is 0 Å². The van der Waals surface area contributed by atoms with Crippen molar-refractivity contribution in [1.29, 1.82) is 0 Å². The predicted molar refractivity (Wildman–Crippen MR) is 72.5 cm³/mol. The summed E-state index contributed by atoms with van der Waals surface area (Å²) in [7, 11) is 0. The van der Waals surface area contributed by atoms with Crippen LogP contribution >= 0.6 is 0 Å². The number of rotatable bonds is 3. The molecule has 1 aromatic heterocycles. The monoisotopic (exact) mass is 237 g/mol. The maximum absolute atomic E-state index is 4.61. The highest BCUT2D eigenvalue weighted by Crippen LogP contribution is 2.14. The Hall–Kier alpha value is -2.16. The van der Waals surface area contributed by atoms with Crippen LogP contribution in [-0.2, 0) is 6.54 Å². The number of hydrogen-bond acceptors (Lipinski definition) is 3. The summed E-state index contributed by atoms with van der Waals surface area (Å²) in [5.74, 6) is 1.10. The molecule has 1 aliphatic rings. The molecule has 2 aromatic rings. The van der Waals surface area contributed by atoms with E-state index in [9.17, 15) is 0 Å². The van der Waals surface area contributed by atoms with Gasteiger partial charge in [0.2, 0.25) is 0 Å². The molecule has 3 heteroatoms. The Kier molecular flexibility index (Phi) is 3.05. The Morgan fingerprint density at radius 2 is 1.78 bits per heavy atom. The molecular formula is C15H15N3. The molecule has 90 valence electrons. The zero-order chi connectivity index (χ0) is 12.2. The largest absolute Gasteiger partial charge is 0.350 e. The van der Waals surface area contributed by atoms with Gasteiger partial charge in [0, 0.05) is 31.0 Å². The van der Waals surface area contributed by atoms with E-state index in [1.807, 2.05) is 18.5 Å². The van der Waals surface area contributed by atoms with Gasteiger partial charge in [-0.2, -0.15) is 0 Å². The maximum Gasteiger partial charge on any atom is 0.131 e. The maximum atomic E-state index is 4.61. The third kappa shape index (κ3) is 2.25. The fraction of sp³-hybridized carbons (Fsp3) is 0.200. The first-order valence-electron chi connectivity index (χ1n) is 6.17. The second kappa shape index (κ2) is 5.00. The molecule has 0 fully saturated rings.